The van der Waals surface area contributed by atoms with Crippen molar-refractivity contribution in [2.45, 2.75) is 6.42 Å². The van der Waals surface area contributed by atoms with E-state index >= 15 is 0 Å². The van der Waals surface area contributed by atoms with Crippen LogP contribution in [0.5, 0.6) is 0 Å². The average molecular weight is 220 g/mol. The van der Waals surface area contributed by atoms with E-state index in [2.05, 4.69) is 31.7 Å². The number of hydrogen-bond donors (Lipinski definition) is 2. The van der Waals surface area contributed by atoms with Crippen molar-refractivity contribution >= 4 is 11.9 Å². The Bertz CT molecular complexity index is 372. The van der Waals surface area contributed by atoms with Gasteiger partial charge in [-0.2, -0.15) is 15.0 Å². The van der Waals surface area contributed by atoms with E-state index in [1.165, 1.54) is 0 Å². The molecule has 1 aromatic rings. The molecule has 0 radical (unpaired) electrons. The van der Waals surface area contributed by atoms with Crippen molar-refractivity contribution in [2.24, 2.45) is 0 Å². The molecule has 86 valence electrons. The summed E-state index contributed by atoms with van der Waals surface area (Å²) in [6.07, 6.45) is 2.38. The van der Waals surface area contributed by atoms with Gasteiger partial charge in [0.2, 0.25) is 11.9 Å². The molecule has 1 fully saturated rings. The highest BCUT2D eigenvalue weighted by molar-refractivity contribution is 5.35. The van der Waals surface area contributed by atoms with Crippen LogP contribution < -0.4 is 16.0 Å². The summed E-state index contributed by atoms with van der Waals surface area (Å²) in [7, 11) is 0. The van der Waals surface area contributed by atoms with Crippen LogP contribution in [0.1, 0.15) is 5.82 Å². The van der Waals surface area contributed by atoms with Crippen LogP contribution >= 0.6 is 0 Å². The summed E-state index contributed by atoms with van der Waals surface area (Å²) in [6.45, 7) is 7.36. The van der Waals surface area contributed by atoms with Crippen molar-refractivity contribution in [1.82, 2.24) is 20.3 Å². The van der Waals surface area contributed by atoms with E-state index in [0.29, 0.717) is 18.2 Å². The summed E-state index contributed by atoms with van der Waals surface area (Å²) < 4.78 is 0. The highest BCUT2D eigenvalue weighted by Crippen LogP contribution is 2.10. The number of allylic oxidation sites excluding steroid dienone is 1. The molecule has 2 heterocycles. The minimum Gasteiger partial charge on any atom is -0.368 e. The van der Waals surface area contributed by atoms with Crippen LogP contribution in [0, 0.1) is 0 Å². The van der Waals surface area contributed by atoms with Crippen LogP contribution in [0.4, 0.5) is 11.9 Å². The zero-order chi connectivity index (χ0) is 11.4. The molecule has 0 atom stereocenters. The fraction of sp³-hybridized carbons (Fsp3) is 0.500. The van der Waals surface area contributed by atoms with Crippen molar-refractivity contribution in [1.29, 1.82) is 0 Å². The van der Waals surface area contributed by atoms with E-state index in [4.69, 9.17) is 5.73 Å². The first kappa shape index (κ1) is 10.8. The van der Waals surface area contributed by atoms with Crippen molar-refractivity contribution in [3.8, 4) is 0 Å². The molecule has 2 rings (SSSR count). The Kier molecular flexibility index (Phi) is 3.31. The number of nitrogens with zero attached hydrogens (tertiary/aromatic N) is 4. The molecule has 0 aromatic carbocycles. The number of nitrogens with one attached hydrogen (secondary N) is 1. The highest BCUT2D eigenvalue weighted by Gasteiger charge is 2.14. The maximum atomic E-state index is 5.66. The second kappa shape index (κ2) is 4.89. The summed E-state index contributed by atoms with van der Waals surface area (Å²) in [4.78, 5) is 14.7. The molecule has 3 N–H and O–H groups in total. The van der Waals surface area contributed by atoms with Gasteiger partial charge in [-0.1, -0.05) is 6.08 Å². The van der Waals surface area contributed by atoms with Gasteiger partial charge in [0.15, 0.2) is 0 Å². The second-order valence-electron chi connectivity index (χ2n) is 3.64. The summed E-state index contributed by atoms with van der Waals surface area (Å²) >= 11 is 0. The predicted octanol–water partition coefficient (Wildman–Crippen LogP) is -0.408. The maximum Gasteiger partial charge on any atom is 0.230 e. The van der Waals surface area contributed by atoms with Crippen LogP contribution in [-0.4, -0.2) is 41.1 Å². The third kappa shape index (κ3) is 2.46. The monoisotopic (exact) mass is 220 g/mol. The van der Waals surface area contributed by atoms with Gasteiger partial charge in [0.1, 0.15) is 5.82 Å². The first-order valence-electron chi connectivity index (χ1n) is 5.36. The average Bonchev–Trinajstić information content (AvgIpc) is 2.30. The number of nitrogen functional groups attached to an aromatic ring is 1. The lowest BCUT2D eigenvalue weighted by Crippen LogP contribution is -2.44. The number of piperazine rings is 1. The molecule has 16 heavy (non-hydrogen) atoms. The first-order chi connectivity index (χ1) is 7.79. The lowest BCUT2D eigenvalue weighted by molar-refractivity contribution is 0.578. The normalized spacial score (nSPS) is 16.1. The van der Waals surface area contributed by atoms with Crippen LogP contribution in [0.25, 0.3) is 0 Å². The first-order valence-corrected chi connectivity index (χ1v) is 5.36. The molecule has 1 saturated heterocycles. The molecular formula is C10H16N6. The van der Waals surface area contributed by atoms with Gasteiger partial charge < -0.3 is 16.0 Å². The molecule has 0 saturated carbocycles. The van der Waals surface area contributed by atoms with E-state index in [9.17, 15) is 0 Å². The van der Waals surface area contributed by atoms with Gasteiger partial charge in [0.05, 0.1) is 0 Å². The van der Waals surface area contributed by atoms with Gasteiger partial charge in [-0.3, -0.25) is 0 Å². The topological polar surface area (TPSA) is 80.0 Å². The summed E-state index contributed by atoms with van der Waals surface area (Å²) in [5, 5.41) is 3.28. The fourth-order valence-electron chi connectivity index (χ4n) is 1.65. The predicted molar refractivity (Wildman–Crippen MR) is 63.2 cm³/mol. The van der Waals surface area contributed by atoms with Crippen molar-refractivity contribution in [3.63, 3.8) is 0 Å². The van der Waals surface area contributed by atoms with E-state index < -0.39 is 0 Å². The summed E-state index contributed by atoms with van der Waals surface area (Å²) in [6, 6.07) is 0. The largest absolute Gasteiger partial charge is 0.368 e. The fourth-order valence-corrected chi connectivity index (χ4v) is 1.65. The lowest BCUT2D eigenvalue weighted by atomic mass is 10.4. The molecule has 0 amide bonds. The van der Waals surface area contributed by atoms with E-state index in [0.717, 1.165) is 26.2 Å². The quantitative estimate of drug-likeness (QED) is 0.674. The third-order valence-corrected chi connectivity index (χ3v) is 2.41. The zero-order valence-corrected chi connectivity index (χ0v) is 9.19. The molecule has 0 unspecified atom stereocenters. The van der Waals surface area contributed by atoms with Crippen molar-refractivity contribution in [2.75, 3.05) is 36.8 Å². The smallest absolute Gasteiger partial charge is 0.230 e. The minimum absolute atomic E-state index is 0.278. The SMILES string of the molecule is C=CCc1nc(N)nc(N2CCNCC2)n1. The standard InChI is InChI=1S/C10H16N6/c1-2-3-8-13-9(11)15-10(14-8)16-6-4-12-5-7-16/h2,12H,1,3-7H2,(H2,11,13,14,15). The Hall–Kier alpha value is -1.69. The summed E-state index contributed by atoms with van der Waals surface area (Å²) in [5.41, 5.74) is 5.66. The van der Waals surface area contributed by atoms with Crippen LogP contribution in [0.15, 0.2) is 12.7 Å². The minimum atomic E-state index is 0.278. The Labute approximate surface area is 94.6 Å². The van der Waals surface area contributed by atoms with E-state index in [1.807, 2.05) is 0 Å². The lowest BCUT2D eigenvalue weighted by Gasteiger charge is -2.27. The molecule has 1 aromatic heterocycles. The Balaban J connectivity index is 2.21. The number of rotatable bonds is 3. The highest BCUT2D eigenvalue weighted by atomic mass is 15.3. The Morgan fingerprint density at radius 3 is 2.75 bits per heavy atom. The van der Waals surface area contributed by atoms with Crippen molar-refractivity contribution in [3.05, 3.63) is 18.5 Å². The maximum absolute atomic E-state index is 5.66. The van der Waals surface area contributed by atoms with Gasteiger partial charge in [-0.15, -0.1) is 6.58 Å². The number of nitrogens with two attached hydrogens (primary N) is 1. The van der Waals surface area contributed by atoms with Gasteiger partial charge in [-0.25, -0.2) is 0 Å². The van der Waals surface area contributed by atoms with E-state index in [1.54, 1.807) is 6.08 Å². The van der Waals surface area contributed by atoms with Crippen LogP contribution in [0.3, 0.4) is 0 Å². The van der Waals surface area contributed by atoms with Gasteiger partial charge >= 0.3 is 0 Å². The van der Waals surface area contributed by atoms with Gasteiger partial charge in [-0.05, 0) is 0 Å². The molecule has 0 spiro atoms. The van der Waals surface area contributed by atoms with E-state index in [-0.39, 0.29) is 5.95 Å². The van der Waals surface area contributed by atoms with Crippen LogP contribution in [-0.2, 0) is 6.42 Å². The number of hydrogen-bond acceptors (Lipinski definition) is 6. The number of aromatic nitrogens is 3. The molecular weight excluding hydrogens is 204 g/mol. The number of anilines is 2. The molecule has 0 bridgehead atoms. The molecule has 1 aliphatic heterocycles. The molecule has 6 nitrogen and oxygen atoms in total. The van der Waals surface area contributed by atoms with Crippen LogP contribution in [0.2, 0.25) is 0 Å². The van der Waals surface area contributed by atoms with Gasteiger partial charge in [0.25, 0.3) is 0 Å². The second-order valence-corrected chi connectivity index (χ2v) is 3.64. The Morgan fingerprint density at radius 1 is 1.31 bits per heavy atom. The summed E-state index contributed by atoms with van der Waals surface area (Å²) in [5.74, 6) is 1.63. The molecule has 1 aliphatic rings. The third-order valence-electron chi connectivity index (χ3n) is 2.41. The molecule has 6 heteroatoms. The Morgan fingerprint density at radius 2 is 2.06 bits per heavy atom. The van der Waals surface area contributed by atoms with Gasteiger partial charge in [0, 0.05) is 32.6 Å². The zero-order valence-electron chi connectivity index (χ0n) is 9.19. The molecule has 0 aliphatic carbocycles. The van der Waals surface area contributed by atoms with Crippen molar-refractivity contribution < 1.29 is 0 Å².